The van der Waals surface area contributed by atoms with Crippen LogP contribution in [0, 0.1) is 11.3 Å². The van der Waals surface area contributed by atoms with Crippen LogP contribution in [-0.4, -0.2) is 28.3 Å². The zero-order chi connectivity index (χ0) is 14.4. The van der Waals surface area contributed by atoms with Gasteiger partial charge >= 0.3 is 0 Å². The number of pyridine rings is 1. The molecule has 21 heavy (non-hydrogen) atoms. The van der Waals surface area contributed by atoms with Crippen molar-refractivity contribution in [2.24, 2.45) is 0 Å². The minimum Gasteiger partial charge on any atom is -0.393 e. The molecule has 2 saturated heterocycles. The fourth-order valence-electron chi connectivity index (χ4n) is 3.91. The van der Waals surface area contributed by atoms with Crippen molar-refractivity contribution in [2.45, 2.75) is 43.9 Å². The fourth-order valence-corrected chi connectivity index (χ4v) is 3.91. The lowest BCUT2D eigenvalue weighted by atomic mass is 9.99. The predicted molar refractivity (Wildman–Crippen MR) is 81.0 cm³/mol. The molecule has 4 nitrogen and oxygen atoms in total. The Hall–Kier alpha value is -2.12. The minimum absolute atomic E-state index is 0.186. The van der Waals surface area contributed by atoms with Gasteiger partial charge in [-0.15, -0.1) is 0 Å². The van der Waals surface area contributed by atoms with Gasteiger partial charge in [0.1, 0.15) is 5.82 Å². The number of nitrogens with zero attached hydrogens (tertiary/aromatic N) is 3. The fraction of sp³-hybridized carbons (Fsp3) is 0.412. The van der Waals surface area contributed by atoms with E-state index in [0.29, 0.717) is 17.6 Å². The van der Waals surface area contributed by atoms with Crippen molar-refractivity contribution < 1.29 is 5.11 Å². The maximum atomic E-state index is 9.93. The van der Waals surface area contributed by atoms with E-state index in [1.54, 1.807) is 0 Å². The summed E-state index contributed by atoms with van der Waals surface area (Å²) in [7, 11) is 0. The lowest BCUT2D eigenvalue weighted by molar-refractivity contribution is 0.126. The highest BCUT2D eigenvalue weighted by atomic mass is 16.3. The number of nitriles is 1. The molecule has 3 heterocycles. The summed E-state index contributed by atoms with van der Waals surface area (Å²) in [6, 6.07) is 12.7. The Morgan fingerprint density at radius 3 is 2.62 bits per heavy atom. The van der Waals surface area contributed by atoms with Gasteiger partial charge in [0.15, 0.2) is 0 Å². The number of hydrogen-bond donors (Lipinski definition) is 1. The first-order valence-corrected chi connectivity index (χ1v) is 7.52. The summed E-state index contributed by atoms with van der Waals surface area (Å²) in [6.45, 7) is 0. The molecule has 0 spiro atoms. The van der Waals surface area contributed by atoms with Crippen LogP contribution >= 0.6 is 0 Å². The number of aliphatic hydroxyl groups is 1. The van der Waals surface area contributed by atoms with Gasteiger partial charge in [-0.05, 0) is 37.8 Å². The van der Waals surface area contributed by atoms with Crippen LogP contribution in [0.4, 0.5) is 5.82 Å². The Labute approximate surface area is 123 Å². The summed E-state index contributed by atoms with van der Waals surface area (Å²) >= 11 is 0. The average molecular weight is 279 g/mol. The van der Waals surface area contributed by atoms with Gasteiger partial charge < -0.3 is 10.0 Å². The summed E-state index contributed by atoms with van der Waals surface area (Å²) in [4.78, 5) is 7.10. The molecule has 2 aromatic rings. The molecule has 0 saturated carbocycles. The Bertz CT molecular complexity index is 722. The van der Waals surface area contributed by atoms with Crippen LogP contribution in [0.15, 0.2) is 30.3 Å². The lowest BCUT2D eigenvalue weighted by Crippen LogP contribution is -2.45. The van der Waals surface area contributed by atoms with E-state index < -0.39 is 0 Å². The average Bonchev–Trinajstić information content (AvgIpc) is 2.78. The molecular weight excluding hydrogens is 262 g/mol. The van der Waals surface area contributed by atoms with E-state index in [-0.39, 0.29) is 6.10 Å². The molecule has 2 bridgehead atoms. The third-order valence-electron chi connectivity index (χ3n) is 4.80. The van der Waals surface area contributed by atoms with Crippen LogP contribution in [-0.2, 0) is 0 Å². The summed E-state index contributed by atoms with van der Waals surface area (Å²) in [5, 5.41) is 20.2. The first kappa shape index (κ1) is 12.6. The molecule has 0 radical (unpaired) electrons. The topological polar surface area (TPSA) is 60.2 Å². The van der Waals surface area contributed by atoms with Crippen LogP contribution in [0.5, 0.6) is 0 Å². The second kappa shape index (κ2) is 4.71. The third kappa shape index (κ3) is 1.97. The zero-order valence-electron chi connectivity index (χ0n) is 11.7. The van der Waals surface area contributed by atoms with Crippen LogP contribution in [0.2, 0.25) is 0 Å². The van der Waals surface area contributed by atoms with Crippen molar-refractivity contribution in [2.75, 3.05) is 4.90 Å². The normalized spacial score (nSPS) is 27.8. The van der Waals surface area contributed by atoms with Gasteiger partial charge in [-0.25, -0.2) is 4.98 Å². The summed E-state index contributed by atoms with van der Waals surface area (Å²) < 4.78 is 0. The Morgan fingerprint density at radius 1 is 1.19 bits per heavy atom. The van der Waals surface area contributed by atoms with Crippen LogP contribution in [0.3, 0.4) is 0 Å². The maximum Gasteiger partial charge on any atom is 0.131 e. The highest BCUT2D eigenvalue weighted by Crippen LogP contribution is 2.39. The smallest absolute Gasteiger partial charge is 0.131 e. The summed E-state index contributed by atoms with van der Waals surface area (Å²) in [6.07, 6.45) is 3.66. The number of piperidine rings is 1. The highest BCUT2D eigenvalue weighted by Gasteiger charge is 2.40. The second-order valence-corrected chi connectivity index (χ2v) is 6.07. The van der Waals surface area contributed by atoms with Crippen molar-refractivity contribution >= 4 is 16.7 Å². The molecule has 2 aliphatic heterocycles. The van der Waals surface area contributed by atoms with Crippen molar-refractivity contribution in [3.8, 4) is 6.07 Å². The number of fused-ring (bicyclic) bond motifs is 3. The molecule has 0 aliphatic carbocycles. The largest absolute Gasteiger partial charge is 0.393 e. The molecule has 106 valence electrons. The van der Waals surface area contributed by atoms with E-state index in [2.05, 4.69) is 11.0 Å². The Kier molecular flexibility index (Phi) is 2.83. The van der Waals surface area contributed by atoms with Gasteiger partial charge in [-0.1, -0.05) is 18.2 Å². The number of hydrogen-bond acceptors (Lipinski definition) is 4. The van der Waals surface area contributed by atoms with Crippen molar-refractivity contribution in [3.63, 3.8) is 0 Å². The first-order chi connectivity index (χ1) is 10.3. The van der Waals surface area contributed by atoms with Crippen LogP contribution in [0.1, 0.15) is 31.2 Å². The van der Waals surface area contributed by atoms with Crippen LogP contribution < -0.4 is 4.90 Å². The molecule has 2 atom stereocenters. The van der Waals surface area contributed by atoms with Crippen molar-refractivity contribution in [1.29, 1.82) is 5.26 Å². The van der Waals surface area contributed by atoms with Gasteiger partial charge in [0, 0.05) is 17.5 Å². The van der Waals surface area contributed by atoms with Gasteiger partial charge in [0.05, 0.1) is 23.3 Å². The molecule has 1 aromatic heterocycles. The highest BCUT2D eigenvalue weighted by molar-refractivity contribution is 5.86. The molecule has 0 amide bonds. The standard InChI is InChI=1S/C17H17N3O/c18-10-11-7-17(19-16-4-2-1-3-15(11)16)20-12-5-6-13(20)9-14(21)8-12/h1-4,7,12-14,21H,5-6,8-9H2. The first-order valence-electron chi connectivity index (χ1n) is 7.52. The van der Waals surface area contributed by atoms with E-state index in [4.69, 9.17) is 4.98 Å². The van der Waals surface area contributed by atoms with E-state index in [1.807, 2.05) is 30.3 Å². The third-order valence-corrected chi connectivity index (χ3v) is 4.80. The number of para-hydroxylation sites is 1. The van der Waals surface area contributed by atoms with E-state index >= 15 is 0 Å². The van der Waals surface area contributed by atoms with E-state index in [0.717, 1.165) is 42.4 Å². The predicted octanol–water partition coefficient (Wildman–Crippen LogP) is 2.60. The quantitative estimate of drug-likeness (QED) is 0.871. The Balaban J connectivity index is 1.83. The van der Waals surface area contributed by atoms with Gasteiger partial charge in [0.25, 0.3) is 0 Å². The molecule has 2 unspecified atom stereocenters. The van der Waals surface area contributed by atoms with Crippen molar-refractivity contribution in [1.82, 2.24) is 4.98 Å². The molecule has 1 aromatic carbocycles. The van der Waals surface area contributed by atoms with E-state index in [1.165, 1.54) is 0 Å². The molecular formula is C17H17N3O. The number of aliphatic hydroxyl groups excluding tert-OH is 1. The molecule has 1 N–H and O–H groups in total. The molecule has 2 fully saturated rings. The molecule has 4 heteroatoms. The number of benzene rings is 1. The summed E-state index contributed by atoms with van der Waals surface area (Å²) in [5.74, 6) is 0.893. The van der Waals surface area contributed by atoms with Gasteiger partial charge in [0.2, 0.25) is 0 Å². The zero-order valence-corrected chi connectivity index (χ0v) is 11.7. The van der Waals surface area contributed by atoms with Gasteiger partial charge in [-0.2, -0.15) is 5.26 Å². The monoisotopic (exact) mass is 279 g/mol. The number of rotatable bonds is 1. The number of anilines is 1. The SMILES string of the molecule is N#Cc1cc(N2C3CCC2CC(O)C3)nc2ccccc12. The van der Waals surface area contributed by atoms with E-state index in [9.17, 15) is 10.4 Å². The Morgan fingerprint density at radius 2 is 1.90 bits per heavy atom. The minimum atomic E-state index is -0.186. The lowest BCUT2D eigenvalue weighted by Gasteiger charge is -2.38. The maximum absolute atomic E-state index is 9.93. The molecule has 4 rings (SSSR count). The number of aromatic nitrogens is 1. The van der Waals surface area contributed by atoms with Crippen LogP contribution in [0.25, 0.3) is 10.9 Å². The van der Waals surface area contributed by atoms with Gasteiger partial charge in [-0.3, -0.25) is 0 Å². The second-order valence-electron chi connectivity index (χ2n) is 6.07. The molecule has 2 aliphatic rings. The summed E-state index contributed by atoms with van der Waals surface area (Å²) in [5.41, 5.74) is 1.55. The van der Waals surface area contributed by atoms with Crippen molar-refractivity contribution in [3.05, 3.63) is 35.9 Å².